The first-order valence-corrected chi connectivity index (χ1v) is 7.05. The van der Waals surface area contributed by atoms with Crippen LogP contribution >= 0.6 is 11.3 Å². The maximum Gasteiger partial charge on any atom is 0.252 e. The molecule has 0 saturated heterocycles. The quantitative estimate of drug-likeness (QED) is 0.752. The maximum absolute atomic E-state index is 11.8. The molecule has 0 bridgehead atoms. The molecule has 4 heteroatoms. The number of amides is 1. The zero-order chi connectivity index (χ0) is 13.2. The summed E-state index contributed by atoms with van der Waals surface area (Å²) in [5.74, 6) is -0.0217. The molecule has 0 unspecified atom stereocenters. The molecule has 0 aliphatic carbocycles. The molecule has 1 amide bonds. The van der Waals surface area contributed by atoms with Crippen molar-refractivity contribution in [1.29, 1.82) is 0 Å². The molecule has 3 nitrogen and oxygen atoms in total. The molecule has 0 radical (unpaired) electrons. The Morgan fingerprint density at radius 3 is 3.00 bits per heavy atom. The lowest BCUT2D eigenvalue weighted by Gasteiger charge is -2.04. The van der Waals surface area contributed by atoms with Gasteiger partial charge in [0.15, 0.2) is 0 Å². The maximum atomic E-state index is 11.8. The smallest absolute Gasteiger partial charge is 0.252 e. The Morgan fingerprint density at radius 2 is 2.21 bits per heavy atom. The standard InChI is InChI=1S/C15H14N2OS/c1-10-6-13-7-11(2-3-14(13)17-10)8-16-15(18)12-4-5-19-9-12/h2-7,9,17H,8H2,1H3,(H,16,18). The van der Waals surface area contributed by atoms with E-state index in [0.717, 1.165) is 22.3 Å². The van der Waals surface area contributed by atoms with Gasteiger partial charge in [0, 0.05) is 28.7 Å². The van der Waals surface area contributed by atoms with Crippen LogP contribution in [0.3, 0.4) is 0 Å². The van der Waals surface area contributed by atoms with Crippen LogP contribution in [0.5, 0.6) is 0 Å². The largest absolute Gasteiger partial charge is 0.359 e. The molecule has 19 heavy (non-hydrogen) atoms. The minimum absolute atomic E-state index is 0.0217. The number of carbonyl (C=O) groups excluding carboxylic acids is 1. The summed E-state index contributed by atoms with van der Waals surface area (Å²) in [5, 5.41) is 7.87. The number of fused-ring (bicyclic) bond motifs is 1. The Bertz CT molecular complexity index is 713. The normalized spacial score (nSPS) is 10.8. The van der Waals surface area contributed by atoms with Crippen LogP contribution in [0.4, 0.5) is 0 Å². The second-order valence-corrected chi connectivity index (χ2v) is 5.35. The zero-order valence-corrected chi connectivity index (χ0v) is 11.4. The summed E-state index contributed by atoms with van der Waals surface area (Å²) in [5.41, 5.74) is 4.11. The number of aromatic nitrogens is 1. The Kier molecular flexibility index (Phi) is 3.09. The molecule has 2 heterocycles. The van der Waals surface area contributed by atoms with Crippen molar-refractivity contribution < 1.29 is 4.79 Å². The zero-order valence-electron chi connectivity index (χ0n) is 10.6. The fraction of sp³-hybridized carbons (Fsp3) is 0.133. The van der Waals surface area contributed by atoms with E-state index < -0.39 is 0 Å². The third kappa shape index (κ3) is 2.53. The van der Waals surface area contributed by atoms with E-state index in [4.69, 9.17) is 0 Å². The monoisotopic (exact) mass is 270 g/mol. The summed E-state index contributed by atoms with van der Waals surface area (Å²) in [6, 6.07) is 10.1. The predicted molar refractivity (Wildman–Crippen MR) is 78.5 cm³/mol. The SMILES string of the molecule is Cc1cc2cc(CNC(=O)c3ccsc3)ccc2[nH]1. The van der Waals surface area contributed by atoms with Gasteiger partial charge in [0.05, 0.1) is 0 Å². The summed E-state index contributed by atoms with van der Waals surface area (Å²) >= 11 is 1.53. The van der Waals surface area contributed by atoms with Gasteiger partial charge in [-0.25, -0.2) is 0 Å². The van der Waals surface area contributed by atoms with Crippen molar-refractivity contribution in [1.82, 2.24) is 10.3 Å². The van der Waals surface area contributed by atoms with Crippen LogP contribution in [-0.4, -0.2) is 10.9 Å². The van der Waals surface area contributed by atoms with Gasteiger partial charge in [-0.15, -0.1) is 0 Å². The first-order chi connectivity index (χ1) is 9.22. The number of carbonyl (C=O) groups is 1. The van der Waals surface area contributed by atoms with E-state index in [1.54, 1.807) is 0 Å². The highest BCUT2D eigenvalue weighted by molar-refractivity contribution is 7.08. The van der Waals surface area contributed by atoms with E-state index in [1.165, 1.54) is 16.7 Å². The molecule has 1 aromatic carbocycles. The van der Waals surface area contributed by atoms with Crippen molar-refractivity contribution in [2.45, 2.75) is 13.5 Å². The molecule has 0 fully saturated rings. The van der Waals surface area contributed by atoms with Gasteiger partial charge >= 0.3 is 0 Å². The minimum Gasteiger partial charge on any atom is -0.359 e. The van der Waals surface area contributed by atoms with E-state index in [-0.39, 0.29) is 5.91 Å². The molecule has 96 valence electrons. The third-order valence-corrected chi connectivity index (χ3v) is 3.74. The average Bonchev–Trinajstić information content (AvgIpc) is 3.03. The molecule has 0 spiro atoms. The van der Waals surface area contributed by atoms with Gasteiger partial charge in [-0.1, -0.05) is 6.07 Å². The highest BCUT2D eigenvalue weighted by Gasteiger charge is 2.05. The van der Waals surface area contributed by atoms with E-state index in [1.807, 2.05) is 29.8 Å². The van der Waals surface area contributed by atoms with Gasteiger partial charge in [0.1, 0.15) is 0 Å². The van der Waals surface area contributed by atoms with Gasteiger partial charge in [-0.3, -0.25) is 4.79 Å². The molecule has 2 aromatic heterocycles. The molecular formula is C15H14N2OS. The second kappa shape index (κ2) is 4.90. The Labute approximate surface area is 115 Å². The molecule has 3 rings (SSSR count). The van der Waals surface area contributed by atoms with Crippen LogP contribution < -0.4 is 5.32 Å². The van der Waals surface area contributed by atoms with Gasteiger partial charge < -0.3 is 10.3 Å². The number of nitrogens with one attached hydrogen (secondary N) is 2. The lowest BCUT2D eigenvalue weighted by atomic mass is 10.1. The first-order valence-electron chi connectivity index (χ1n) is 6.11. The number of hydrogen-bond acceptors (Lipinski definition) is 2. The van der Waals surface area contributed by atoms with Crippen molar-refractivity contribution in [2.75, 3.05) is 0 Å². The fourth-order valence-corrected chi connectivity index (χ4v) is 2.75. The highest BCUT2D eigenvalue weighted by Crippen LogP contribution is 2.17. The molecule has 3 aromatic rings. The van der Waals surface area contributed by atoms with Crippen molar-refractivity contribution in [3.63, 3.8) is 0 Å². The van der Waals surface area contributed by atoms with Gasteiger partial charge in [-0.2, -0.15) is 11.3 Å². The molecule has 0 atom stereocenters. The molecule has 0 saturated carbocycles. The number of H-pyrrole nitrogens is 1. The molecule has 0 aliphatic rings. The van der Waals surface area contributed by atoms with Crippen LogP contribution in [0, 0.1) is 6.92 Å². The first kappa shape index (κ1) is 12.0. The van der Waals surface area contributed by atoms with Crippen LogP contribution in [0.2, 0.25) is 0 Å². The predicted octanol–water partition coefficient (Wildman–Crippen LogP) is 3.47. The van der Waals surface area contributed by atoms with Crippen molar-refractivity contribution in [3.8, 4) is 0 Å². The Balaban J connectivity index is 1.73. The summed E-state index contributed by atoms with van der Waals surface area (Å²) in [6.07, 6.45) is 0. The summed E-state index contributed by atoms with van der Waals surface area (Å²) in [7, 11) is 0. The van der Waals surface area contributed by atoms with E-state index in [2.05, 4.69) is 28.5 Å². The number of aryl methyl sites for hydroxylation is 1. The highest BCUT2D eigenvalue weighted by atomic mass is 32.1. The Morgan fingerprint density at radius 1 is 1.32 bits per heavy atom. The molecule has 0 aliphatic heterocycles. The van der Waals surface area contributed by atoms with Gasteiger partial charge in [0.2, 0.25) is 0 Å². The minimum atomic E-state index is -0.0217. The average molecular weight is 270 g/mol. The van der Waals surface area contributed by atoms with Crippen LogP contribution in [0.1, 0.15) is 21.6 Å². The van der Waals surface area contributed by atoms with E-state index in [0.29, 0.717) is 6.54 Å². The van der Waals surface area contributed by atoms with Crippen LogP contribution in [-0.2, 0) is 6.54 Å². The number of thiophene rings is 1. The summed E-state index contributed by atoms with van der Waals surface area (Å²) in [4.78, 5) is 15.1. The van der Waals surface area contributed by atoms with Crippen molar-refractivity contribution in [2.24, 2.45) is 0 Å². The number of benzene rings is 1. The van der Waals surface area contributed by atoms with E-state index >= 15 is 0 Å². The Hall–Kier alpha value is -2.07. The number of aromatic amines is 1. The van der Waals surface area contributed by atoms with Crippen LogP contribution in [0.25, 0.3) is 10.9 Å². The number of hydrogen-bond donors (Lipinski definition) is 2. The van der Waals surface area contributed by atoms with Gasteiger partial charge in [0.25, 0.3) is 5.91 Å². The summed E-state index contributed by atoms with van der Waals surface area (Å²) < 4.78 is 0. The lowest BCUT2D eigenvalue weighted by Crippen LogP contribution is -2.22. The second-order valence-electron chi connectivity index (χ2n) is 4.57. The third-order valence-electron chi connectivity index (χ3n) is 3.06. The molecular weight excluding hydrogens is 256 g/mol. The van der Waals surface area contributed by atoms with E-state index in [9.17, 15) is 4.79 Å². The topological polar surface area (TPSA) is 44.9 Å². The lowest BCUT2D eigenvalue weighted by molar-refractivity contribution is 0.0951. The van der Waals surface area contributed by atoms with Crippen molar-refractivity contribution >= 4 is 28.1 Å². The van der Waals surface area contributed by atoms with Gasteiger partial charge in [-0.05, 0) is 47.5 Å². The molecule has 2 N–H and O–H groups in total. The van der Waals surface area contributed by atoms with Crippen LogP contribution in [0.15, 0.2) is 41.1 Å². The fourth-order valence-electron chi connectivity index (χ4n) is 2.12. The van der Waals surface area contributed by atoms with Crippen molar-refractivity contribution in [3.05, 3.63) is 57.9 Å². The summed E-state index contributed by atoms with van der Waals surface area (Å²) in [6.45, 7) is 2.59. The number of rotatable bonds is 3.